The largest absolute Gasteiger partial charge is 0.352 e. The van der Waals surface area contributed by atoms with Gasteiger partial charge < -0.3 is 5.32 Å². The van der Waals surface area contributed by atoms with E-state index in [1.807, 2.05) is 0 Å². The number of sulfonamides is 1. The number of carbonyl (C=O) groups excluding carboxylic acids is 1. The predicted molar refractivity (Wildman–Crippen MR) is 77.8 cm³/mol. The van der Waals surface area contributed by atoms with E-state index >= 15 is 0 Å². The van der Waals surface area contributed by atoms with Crippen LogP contribution in [0.3, 0.4) is 0 Å². The van der Waals surface area contributed by atoms with Crippen molar-refractivity contribution in [2.75, 3.05) is 6.54 Å². The van der Waals surface area contributed by atoms with Gasteiger partial charge in [-0.2, -0.15) is 0 Å². The van der Waals surface area contributed by atoms with Crippen LogP contribution in [-0.2, 0) is 10.0 Å². The molecule has 1 aromatic carbocycles. The molecule has 7 heteroatoms. The smallest absolute Gasteiger partial charge is 0.251 e. The number of halogens is 1. The molecule has 0 unspecified atom stereocenters. The number of rotatable bonds is 6. The number of unbranched alkanes of at least 4 members (excludes halogenated alkanes) is 2. The van der Waals surface area contributed by atoms with Gasteiger partial charge in [0.15, 0.2) is 0 Å². The topological polar surface area (TPSA) is 89.3 Å². The molecule has 1 rings (SSSR count). The van der Waals surface area contributed by atoms with Crippen LogP contribution in [0.15, 0.2) is 23.1 Å². The maximum atomic E-state index is 11.9. The first-order valence-corrected chi connectivity index (χ1v) is 7.82. The molecule has 0 heterocycles. The van der Waals surface area contributed by atoms with Crippen LogP contribution in [0.5, 0.6) is 0 Å². The molecule has 0 fully saturated rings. The van der Waals surface area contributed by atoms with Gasteiger partial charge in [0.25, 0.3) is 5.91 Å². The second-order valence-corrected chi connectivity index (χ2v) is 6.14. The molecule has 0 aliphatic carbocycles. The number of carbonyl (C=O) groups is 1. The maximum absolute atomic E-state index is 11.9. The van der Waals surface area contributed by atoms with Crippen LogP contribution >= 0.6 is 11.6 Å². The summed E-state index contributed by atoms with van der Waals surface area (Å²) in [6.45, 7) is 0.456. The van der Waals surface area contributed by atoms with Gasteiger partial charge >= 0.3 is 0 Å². The molecule has 0 aromatic heterocycles. The van der Waals surface area contributed by atoms with Gasteiger partial charge in [-0.1, -0.05) is 11.6 Å². The number of nitrogens with two attached hydrogens (primary N) is 1. The fourth-order valence-electron chi connectivity index (χ4n) is 1.51. The Labute approximate surface area is 123 Å². The Kier molecular flexibility index (Phi) is 6.02. The van der Waals surface area contributed by atoms with Crippen LogP contribution in [0.4, 0.5) is 0 Å². The van der Waals surface area contributed by atoms with Crippen molar-refractivity contribution in [3.05, 3.63) is 28.8 Å². The number of hydrogen-bond acceptors (Lipinski definition) is 3. The summed E-state index contributed by atoms with van der Waals surface area (Å²) in [5.74, 6) is 2.10. The molecule has 0 saturated heterocycles. The van der Waals surface area contributed by atoms with E-state index in [9.17, 15) is 13.2 Å². The molecule has 0 aliphatic rings. The van der Waals surface area contributed by atoms with Crippen molar-refractivity contribution in [1.29, 1.82) is 0 Å². The summed E-state index contributed by atoms with van der Waals surface area (Å²) in [6.07, 6.45) is 7.33. The SMILES string of the molecule is C#CCCCCNC(=O)c1cc(Cl)cc(S(N)(=O)=O)c1. The maximum Gasteiger partial charge on any atom is 0.251 e. The van der Waals surface area contributed by atoms with Crippen molar-refractivity contribution < 1.29 is 13.2 Å². The molecule has 0 atom stereocenters. The van der Waals surface area contributed by atoms with Crippen LogP contribution < -0.4 is 10.5 Å². The molecule has 0 spiro atoms. The molecular formula is C13H15ClN2O3S. The summed E-state index contributed by atoms with van der Waals surface area (Å²) < 4.78 is 22.5. The lowest BCUT2D eigenvalue weighted by atomic mass is 10.2. The Morgan fingerprint density at radius 2 is 2.05 bits per heavy atom. The molecule has 5 nitrogen and oxygen atoms in total. The third-order valence-corrected chi connectivity index (χ3v) is 3.61. The molecule has 1 aromatic rings. The highest BCUT2D eigenvalue weighted by atomic mass is 35.5. The van der Waals surface area contributed by atoms with E-state index in [0.29, 0.717) is 13.0 Å². The Hall–Kier alpha value is -1.55. The number of nitrogens with one attached hydrogen (secondary N) is 1. The average Bonchev–Trinajstić information content (AvgIpc) is 2.36. The summed E-state index contributed by atoms with van der Waals surface area (Å²) in [4.78, 5) is 11.7. The molecule has 0 bridgehead atoms. The molecule has 0 aliphatic heterocycles. The number of amides is 1. The lowest BCUT2D eigenvalue weighted by molar-refractivity contribution is 0.0953. The number of terminal acetylenes is 1. The minimum absolute atomic E-state index is 0.133. The third-order valence-electron chi connectivity index (χ3n) is 2.50. The zero-order valence-electron chi connectivity index (χ0n) is 10.7. The Morgan fingerprint density at radius 1 is 1.35 bits per heavy atom. The van der Waals surface area contributed by atoms with Crippen molar-refractivity contribution in [2.24, 2.45) is 5.14 Å². The second-order valence-electron chi connectivity index (χ2n) is 4.14. The highest BCUT2D eigenvalue weighted by Crippen LogP contribution is 2.18. The summed E-state index contributed by atoms with van der Waals surface area (Å²) in [5.41, 5.74) is 0.151. The average molecular weight is 315 g/mol. The van der Waals surface area contributed by atoms with Crippen molar-refractivity contribution in [1.82, 2.24) is 5.32 Å². The Morgan fingerprint density at radius 3 is 2.65 bits per heavy atom. The van der Waals surface area contributed by atoms with Crippen LogP contribution in [-0.4, -0.2) is 20.9 Å². The predicted octanol–water partition coefficient (Wildman–Crippen LogP) is 1.52. The van der Waals surface area contributed by atoms with Gasteiger partial charge in [0.05, 0.1) is 4.90 Å². The van der Waals surface area contributed by atoms with Gasteiger partial charge in [-0.25, -0.2) is 13.6 Å². The molecule has 1 amide bonds. The first kappa shape index (κ1) is 16.5. The highest BCUT2D eigenvalue weighted by molar-refractivity contribution is 7.89. The van der Waals surface area contributed by atoms with E-state index in [-0.39, 0.29) is 15.5 Å². The van der Waals surface area contributed by atoms with E-state index in [0.717, 1.165) is 12.8 Å². The lowest BCUT2D eigenvalue weighted by Gasteiger charge is -2.07. The standard InChI is InChI=1S/C13H15ClN2O3S/c1-2-3-4-5-6-16-13(17)10-7-11(14)9-12(8-10)20(15,18)19/h1,7-9H,3-6H2,(H,16,17)(H2,15,18,19). The zero-order valence-corrected chi connectivity index (χ0v) is 12.3. The van der Waals surface area contributed by atoms with Crippen LogP contribution in [0.25, 0.3) is 0 Å². The first-order chi connectivity index (χ1) is 9.34. The third kappa shape index (κ3) is 5.21. The van der Waals surface area contributed by atoms with E-state index in [1.165, 1.54) is 18.2 Å². The minimum Gasteiger partial charge on any atom is -0.352 e. The second kappa shape index (κ2) is 7.29. The van der Waals surface area contributed by atoms with Crippen LogP contribution in [0, 0.1) is 12.3 Å². The summed E-state index contributed by atoms with van der Waals surface area (Å²) in [7, 11) is -3.90. The van der Waals surface area contributed by atoms with Crippen molar-refractivity contribution >= 4 is 27.5 Å². The molecular weight excluding hydrogens is 300 g/mol. The molecule has 0 saturated carbocycles. The summed E-state index contributed by atoms with van der Waals surface area (Å²) >= 11 is 5.78. The Balaban J connectivity index is 2.74. The van der Waals surface area contributed by atoms with Crippen molar-refractivity contribution in [3.8, 4) is 12.3 Å². The molecule has 0 radical (unpaired) electrons. The minimum atomic E-state index is -3.90. The molecule has 108 valence electrons. The normalized spacial score (nSPS) is 10.8. The quantitative estimate of drug-likeness (QED) is 0.616. The number of primary sulfonamides is 1. The molecule has 3 N–H and O–H groups in total. The first-order valence-electron chi connectivity index (χ1n) is 5.89. The van der Waals surface area contributed by atoms with Gasteiger partial charge in [-0.3, -0.25) is 4.79 Å². The van der Waals surface area contributed by atoms with Gasteiger partial charge in [0, 0.05) is 23.6 Å². The van der Waals surface area contributed by atoms with Gasteiger partial charge in [0.1, 0.15) is 0 Å². The monoisotopic (exact) mass is 314 g/mol. The number of hydrogen-bond donors (Lipinski definition) is 2. The fourth-order valence-corrected chi connectivity index (χ4v) is 2.40. The highest BCUT2D eigenvalue weighted by Gasteiger charge is 2.13. The van der Waals surface area contributed by atoms with E-state index in [1.54, 1.807) is 0 Å². The lowest BCUT2D eigenvalue weighted by Crippen LogP contribution is -2.25. The van der Waals surface area contributed by atoms with Gasteiger partial charge in [-0.05, 0) is 31.0 Å². The van der Waals surface area contributed by atoms with E-state index in [4.69, 9.17) is 23.2 Å². The number of benzene rings is 1. The van der Waals surface area contributed by atoms with Crippen molar-refractivity contribution in [2.45, 2.75) is 24.2 Å². The van der Waals surface area contributed by atoms with Gasteiger partial charge in [-0.15, -0.1) is 12.3 Å². The Bertz CT molecular complexity index is 636. The summed E-state index contributed by atoms with van der Waals surface area (Å²) in [5, 5.41) is 7.81. The fraction of sp³-hybridized carbons (Fsp3) is 0.308. The zero-order chi connectivity index (χ0) is 15.2. The summed E-state index contributed by atoms with van der Waals surface area (Å²) in [6, 6.07) is 3.77. The van der Waals surface area contributed by atoms with E-state index in [2.05, 4.69) is 11.2 Å². The van der Waals surface area contributed by atoms with Crippen molar-refractivity contribution in [3.63, 3.8) is 0 Å². The van der Waals surface area contributed by atoms with Crippen LogP contribution in [0.1, 0.15) is 29.6 Å². The van der Waals surface area contributed by atoms with Gasteiger partial charge in [0.2, 0.25) is 10.0 Å². The van der Waals surface area contributed by atoms with E-state index < -0.39 is 15.9 Å². The van der Waals surface area contributed by atoms with Crippen LogP contribution in [0.2, 0.25) is 5.02 Å². The molecule has 20 heavy (non-hydrogen) atoms.